The first kappa shape index (κ1) is 38.9. The zero-order valence-electron chi connectivity index (χ0n) is 30.6. The smallest absolute Gasteiger partial charge is 0.251 e. The van der Waals surface area contributed by atoms with Crippen molar-refractivity contribution < 1.29 is 14.2 Å². The first-order valence-corrected chi connectivity index (χ1v) is 19.0. The van der Waals surface area contributed by atoms with Crippen LogP contribution in [0.3, 0.4) is 0 Å². The Kier molecular flexibility index (Phi) is 16.3. The summed E-state index contributed by atoms with van der Waals surface area (Å²) in [6.45, 7) is 7.68. The van der Waals surface area contributed by atoms with Crippen LogP contribution >= 0.6 is 0 Å². The van der Waals surface area contributed by atoms with Crippen molar-refractivity contribution in [2.24, 2.45) is 0 Å². The van der Waals surface area contributed by atoms with Crippen LogP contribution in [0.15, 0.2) is 0 Å². The maximum absolute atomic E-state index is 10.1. The van der Waals surface area contributed by atoms with E-state index in [1.807, 2.05) is 0 Å². The third kappa shape index (κ3) is 10.8. The lowest BCUT2D eigenvalue weighted by atomic mass is 10.1. The average Bonchev–Trinajstić information content (AvgIpc) is 3.16. The molecule has 0 radical (unpaired) electrons. The van der Waals surface area contributed by atoms with Gasteiger partial charge in [0.2, 0.25) is 17.1 Å². The summed E-state index contributed by atoms with van der Waals surface area (Å²) in [5.74, 6) is 0.220. The summed E-state index contributed by atoms with van der Waals surface area (Å²) < 4.78 is 18.0. The number of fused-ring (bicyclic) bond motifs is 6. The van der Waals surface area contributed by atoms with Crippen molar-refractivity contribution in [2.75, 3.05) is 19.8 Å². The molecule has 0 aliphatic rings. The van der Waals surface area contributed by atoms with E-state index in [0.29, 0.717) is 19.8 Å². The lowest BCUT2D eigenvalue weighted by Gasteiger charge is -2.14. The van der Waals surface area contributed by atoms with E-state index in [-0.39, 0.29) is 67.8 Å². The van der Waals surface area contributed by atoms with Gasteiger partial charge in [0.05, 0.1) is 19.8 Å². The Morgan fingerprint density at radius 2 is 0.588 bits per heavy atom. The molecule has 1 aromatic carbocycles. The van der Waals surface area contributed by atoms with Gasteiger partial charge < -0.3 is 14.2 Å². The first-order valence-electron chi connectivity index (χ1n) is 19.0. The quantitative estimate of drug-likeness (QED) is 0.0502. The number of ether oxygens (including phenoxy) is 3. The number of rotatable bonds is 24. The molecule has 0 fully saturated rings. The fourth-order valence-electron chi connectivity index (χ4n) is 5.92. The molecule has 4 rings (SSSR count). The molecule has 12 heteroatoms. The van der Waals surface area contributed by atoms with E-state index in [1.165, 1.54) is 57.8 Å². The summed E-state index contributed by atoms with van der Waals surface area (Å²) in [6.07, 6.45) is 19.5. The van der Waals surface area contributed by atoms with Crippen LogP contribution in [0.2, 0.25) is 0 Å². The fourth-order valence-corrected chi connectivity index (χ4v) is 5.92. The first-order chi connectivity index (χ1) is 25.1. The molecule has 12 nitrogen and oxygen atoms in total. The van der Waals surface area contributed by atoms with E-state index in [1.54, 1.807) is 0 Å². The minimum absolute atomic E-state index is 0.0119. The van der Waals surface area contributed by atoms with Gasteiger partial charge in [0, 0.05) is 0 Å². The fraction of sp³-hybridized carbons (Fsp3) is 0.615. The Morgan fingerprint density at radius 1 is 0.353 bits per heavy atom. The molecule has 0 saturated carbocycles. The molecule has 0 aliphatic heterocycles. The van der Waals surface area contributed by atoms with Crippen molar-refractivity contribution in [3.8, 4) is 35.8 Å². The van der Waals surface area contributed by atoms with Crippen LogP contribution < -0.4 is 14.2 Å². The Labute approximate surface area is 301 Å². The largest absolute Gasteiger partial charge is 0.476 e. The molecular formula is C39H51N9O3. The van der Waals surface area contributed by atoms with E-state index >= 15 is 0 Å². The van der Waals surface area contributed by atoms with Crippen molar-refractivity contribution >= 4 is 33.1 Å². The van der Waals surface area contributed by atoms with Gasteiger partial charge in [0.1, 0.15) is 51.3 Å². The lowest BCUT2D eigenvalue weighted by Crippen LogP contribution is -2.08. The lowest BCUT2D eigenvalue weighted by molar-refractivity contribution is 0.292. The maximum atomic E-state index is 10.1. The molecule has 0 bridgehead atoms. The number of hydrogen-bond acceptors (Lipinski definition) is 12. The molecule has 0 aliphatic carbocycles. The van der Waals surface area contributed by atoms with Crippen molar-refractivity contribution in [3.05, 3.63) is 17.1 Å². The van der Waals surface area contributed by atoms with Crippen molar-refractivity contribution in [1.29, 1.82) is 15.8 Å². The minimum Gasteiger partial charge on any atom is -0.476 e. The maximum Gasteiger partial charge on any atom is 0.251 e. The van der Waals surface area contributed by atoms with E-state index in [9.17, 15) is 15.8 Å². The third-order valence-corrected chi connectivity index (χ3v) is 8.79. The highest BCUT2D eigenvalue weighted by atomic mass is 16.5. The number of nitriles is 3. The monoisotopic (exact) mass is 693 g/mol. The Balaban J connectivity index is 1.76. The highest BCUT2D eigenvalue weighted by Gasteiger charge is 2.24. The molecule has 0 amide bonds. The molecule has 3 aromatic heterocycles. The highest BCUT2D eigenvalue weighted by Crippen LogP contribution is 2.35. The van der Waals surface area contributed by atoms with Crippen LogP contribution in [0, 0.1) is 34.0 Å². The summed E-state index contributed by atoms with van der Waals surface area (Å²) in [7, 11) is 0. The second kappa shape index (κ2) is 21.4. The number of benzene rings is 1. The van der Waals surface area contributed by atoms with Gasteiger partial charge >= 0.3 is 0 Å². The van der Waals surface area contributed by atoms with Gasteiger partial charge in [-0.3, -0.25) is 0 Å². The van der Waals surface area contributed by atoms with Gasteiger partial charge in [-0.2, -0.15) is 15.8 Å². The van der Waals surface area contributed by atoms with Gasteiger partial charge in [-0.1, -0.05) is 117 Å². The average molecular weight is 694 g/mol. The van der Waals surface area contributed by atoms with Crippen LogP contribution in [0.5, 0.6) is 17.6 Å². The molecule has 4 aromatic rings. The zero-order chi connectivity index (χ0) is 36.3. The Hall–Kier alpha value is -4.89. The summed E-state index contributed by atoms with van der Waals surface area (Å²) >= 11 is 0. The van der Waals surface area contributed by atoms with Crippen LogP contribution in [0.4, 0.5) is 0 Å². The van der Waals surface area contributed by atoms with Crippen LogP contribution in [-0.4, -0.2) is 49.7 Å². The SMILES string of the molecule is CCCCCCCCOc1nc2c(nc1C#N)c1nc(OCCCCCCCC)c(C#N)nc1c1nc(OCCCCCCCC)c(C#N)nc21. The standard InChI is InChI=1S/C39H51N9O3/c1-4-7-10-13-16-19-22-49-37-28(25-40)43-31-34(46-37)32-36(48-38(29(26-41)44-32)50-23-20-17-14-11-8-5-2)33-35(31)47-39(30(27-42)45-33)51-24-21-18-15-12-9-6-3/h4-24H2,1-3H3. The zero-order valence-corrected chi connectivity index (χ0v) is 30.6. The molecule has 0 unspecified atom stereocenters. The summed E-state index contributed by atoms with van der Waals surface area (Å²) in [5, 5.41) is 30.2. The summed E-state index contributed by atoms with van der Waals surface area (Å²) in [5.41, 5.74) is 1.39. The Bertz CT molecular complexity index is 1620. The van der Waals surface area contributed by atoms with Gasteiger partial charge in [-0.25, -0.2) is 29.9 Å². The summed E-state index contributed by atoms with van der Waals surface area (Å²) in [4.78, 5) is 28.1. The molecule has 0 N–H and O–H groups in total. The van der Waals surface area contributed by atoms with Crippen LogP contribution in [0.25, 0.3) is 33.1 Å². The number of nitrogens with zero attached hydrogens (tertiary/aromatic N) is 9. The van der Waals surface area contributed by atoms with Gasteiger partial charge in [0.25, 0.3) is 17.6 Å². The summed E-state index contributed by atoms with van der Waals surface area (Å²) in [6, 6.07) is 6.32. The minimum atomic E-state index is -0.0119. The topological polar surface area (TPSA) is 176 Å². The van der Waals surface area contributed by atoms with Crippen LogP contribution in [0.1, 0.15) is 153 Å². The highest BCUT2D eigenvalue weighted by molar-refractivity contribution is 6.18. The number of hydrogen-bond donors (Lipinski definition) is 0. The molecule has 0 atom stereocenters. The molecule has 270 valence electrons. The normalized spacial score (nSPS) is 11.1. The van der Waals surface area contributed by atoms with Crippen molar-refractivity contribution in [1.82, 2.24) is 29.9 Å². The van der Waals surface area contributed by atoms with Crippen molar-refractivity contribution in [2.45, 2.75) is 136 Å². The van der Waals surface area contributed by atoms with E-state index in [2.05, 4.69) is 53.9 Å². The molecule has 0 spiro atoms. The predicted molar refractivity (Wildman–Crippen MR) is 196 cm³/mol. The molecule has 3 heterocycles. The van der Waals surface area contributed by atoms with E-state index in [0.717, 1.165) is 57.8 Å². The molecule has 0 saturated heterocycles. The van der Waals surface area contributed by atoms with Crippen molar-refractivity contribution in [3.63, 3.8) is 0 Å². The van der Waals surface area contributed by atoms with E-state index in [4.69, 9.17) is 29.2 Å². The number of aromatic nitrogens is 6. The number of unbranched alkanes of at least 4 members (excludes halogenated alkanes) is 15. The molecular weight excluding hydrogens is 642 g/mol. The van der Waals surface area contributed by atoms with Gasteiger partial charge in [-0.15, -0.1) is 0 Å². The Morgan fingerprint density at radius 3 is 0.843 bits per heavy atom. The van der Waals surface area contributed by atoms with E-state index < -0.39 is 0 Å². The second-order valence-electron chi connectivity index (χ2n) is 12.9. The van der Waals surface area contributed by atoms with Crippen LogP contribution in [-0.2, 0) is 0 Å². The van der Waals surface area contributed by atoms with Gasteiger partial charge in [0.15, 0.2) is 0 Å². The predicted octanol–water partition coefficient (Wildman–Crippen LogP) is 9.35. The molecule has 51 heavy (non-hydrogen) atoms. The third-order valence-electron chi connectivity index (χ3n) is 8.79. The van der Waals surface area contributed by atoms with Gasteiger partial charge in [-0.05, 0) is 19.3 Å². The second-order valence-corrected chi connectivity index (χ2v) is 12.9.